The summed E-state index contributed by atoms with van der Waals surface area (Å²) in [6, 6.07) is 10.8. The number of benzene rings is 1. The predicted molar refractivity (Wildman–Crippen MR) is 102 cm³/mol. The van der Waals surface area contributed by atoms with Gasteiger partial charge in [-0.3, -0.25) is 14.6 Å². The van der Waals surface area contributed by atoms with Crippen molar-refractivity contribution < 1.29 is 9.59 Å². The normalized spacial score (nSPS) is 19.2. The number of allylic oxidation sites excluding steroid dienone is 1. The van der Waals surface area contributed by atoms with Crippen LogP contribution in [0.1, 0.15) is 19.4 Å². The number of hydrogen-bond donors (Lipinski definition) is 1. The van der Waals surface area contributed by atoms with Gasteiger partial charge in [-0.05, 0) is 43.7 Å². The topological polar surface area (TPSA) is 62.3 Å². The van der Waals surface area contributed by atoms with Crippen LogP contribution in [0.2, 0.25) is 5.02 Å². The van der Waals surface area contributed by atoms with E-state index in [0.717, 1.165) is 11.3 Å². The molecule has 0 radical (unpaired) electrons. The highest BCUT2D eigenvalue weighted by Crippen LogP contribution is 2.30. The maximum Gasteiger partial charge on any atom is 0.292 e. The molecule has 2 unspecified atom stereocenters. The van der Waals surface area contributed by atoms with Crippen molar-refractivity contribution in [3.63, 3.8) is 0 Å². The van der Waals surface area contributed by atoms with E-state index in [1.807, 2.05) is 44.2 Å². The van der Waals surface area contributed by atoms with E-state index in [9.17, 15) is 9.59 Å². The summed E-state index contributed by atoms with van der Waals surface area (Å²) in [4.78, 5) is 31.0. The Labute approximate surface area is 157 Å². The molecule has 1 aliphatic rings. The molecule has 0 saturated heterocycles. The largest absolute Gasteiger partial charge is 0.367 e. The number of halogens is 1. The van der Waals surface area contributed by atoms with E-state index in [2.05, 4.69) is 15.2 Å². The van der Waals surface area contributed by atoms with Crippen molar-refractivity contribution in [1.82, 2.24) is 9.88 Å². The molecule has 1 aliphatic heterocycles. The summed E-state index contributed by atoms with van der Waals surface area (Å²) in [5.41, 5.74) is 2.65. The molecule has 1 amide bonds. The van der Waals surface area contributed by atoms with Gasteiger partial charge in [-0.25, -0.2) is 0 Å². The lowest BCUT2D eigenvalue weighted by Gasteiger charge is -2.28. The number of Topliss-reactive ketones (excluding diaryl/α,β-unsaturated/α-hetero) is 1. The van der Waals surface area contributed by atoms with Crippen molar-refractivity contribution in [3.05, 3.63) is 71.2 Å². The minimum Gasteiger partial charge on any atom is -0.367 e. The first-order valence-corrected chi connectivity index (χ1v) is 8.78. The van der Waals surface area contributed by atoms with E-state index in [0.29, 0.717) is 17.3 Å². The van der Waals surface area contributed by atoms with Crippen LogP contribution in [0.3, 0.4) is 0 Å². The summed E-state index contributed by atoms with van der Waals surface area (Å²) in [6.07, 6.45) is 5.00. The van der Waals surface area contributed by atoms with Crippen LogP contribution in [-0.2, 0) is 16.1 Å². The van der Waals surface area contributed by atoms with E-state index < -0.39 is 17.6 Å². The summed E-state index contributed by atoms with van der Waals surface area (Å²) in [7, 11) is 0. The zero-order valence-corrected chi connectivity index (χ0v) is 15.4. The van der Waals surface area contributed by atoms with Crippen LogP contribution < -0.4 is 5.32 Å². The average molecular weight is 370 g/mol. The predicted octanol–water partition coefficient (Wildman–Crippen LogP) is 3.67. The molecule has 3 rings (SSSR count). The van der Waals surface area contributed by atoms with Crippen LogP contribution in [0, 0.1) is 5.92 Å². The summed E-state index contributed by atoms with van der Waals surface area (Å²) in [5.74, 6) is -1.51. The number of anilines is 1. The lowest BCUT2D eigenvalue weighted by Crippen LogP contribution is -2.38. The first kappa shape index (κ1) is 18.1. The Morgan fingerprint density at radius 2 is 1.81 bits per heavy atom. The van der Waals surface area contributed by atoms with Gasteiger partial charge in [-0.15, -0.1) is 0 Å². The van der Waals surface area contributed by atoms with Crippen molar-refractivity contribution in [3.8, 4) is 0 Å². The molecule has 1 N–H and O–H groups in total. The smallest absolute Gasteiger partial charge is 0.292 e. The molecule has 2 aromatic rings. The Bertz CT molecular complexity index is 834. The first-order chi connectivity index (χ1) is 12.5. The van der Waals surface area contributed by atoms with Crippen molar-refractivity contribution in [2.75, 3.05) is 5.32 Å². The Hall–Kier alpha value is -2.66. The SMILES string of the molecule is CC1=CC(C(=O)C(=O)Nc2ccncc2)C(C)N1Cc1ccc(Cl)cc1. The zero-order chi connectivity index (χ0) is 18.7. The van der Waals surface area contributed by atoms with Gasteiger partial charge in [0.05, 0.1) is 5.92 Å². The van der Waals surface area contributed by atoms with Gasteiger partial charge in [0.15, 0.2) is 0 Å². The number of carbonyl (C=O) groups excluding carboxylic acids is 2. The van der Waals surface area contributed by atoms with Gasteiger partial charge in [0.2, 0.25) is 5.78 Å². The number of aromatic nitrogens is 1. The fourth-order valence-electron chi connectivity index (χ4n) is 3.14. The first-order valence-electron chi connectivity index (χ1n) is 8.40. The second-order valence-corrected chi connectivity index (χ2v) is 6.82. The van der Waals surface area contributed by atoms with Crippen molar-refractivity contribution >= 4 is 29.0 Å². The molecule has 0 saturated carbocycles. The van der Waals surface area contributed by atoms with Gasteiger partial charge in [0.25, 0.3) is 5.91 Å². The summed E-state index contributed by atoms with van der Waals surface area (Å²) in [6.45, 7) is 4.59. The molecule has 0 spiro atoms. The number of nitrogens with zero attached hydrogens (tertiary/aromatic N) is 2. The monoisotopic (exact) mass is 369 g/mol. The number of rotatable bonds is 5. The molecule has 0 bridgehead atoms. The third-order valence-corrected chi connectivity index (χ3v) is 4.87. The standard InChI is InChI=1S/C20H20ClN3O2/c1-13-11-18(19(25)20(26)23-17-7-9-22-10-8-17)14(2)24(13)12-15-3-5-16(21)6-4-15/h3-11,14,18H,12H2,1-2H3,(H,22,23,26). The number of amides is 1. The van der Waals surface area contributed by atoms with Gasteiger partial charge in [-0.2, -0.15) is 0 Å². The Kier molecular flexibility index (Phi) is 5.38. The molecule has 134 valence electrons. The number of nitrogens with one attached hydrogen (secondary N) is 1. The summed E-state index contributed by atoms with van der Waals surface area (Å²) >= 11 is 5.93. The van der Waals surface area contributed by atoms with Crippen molar-refractivity contribution in [2.45, 2.75) is 26.4 Å². The van der Waals surface area contributed by atoms with E-state index >= 15 is 0 Å². The van der Waals surface area contributed by atoms with E-state index in [-0.39, 0.29) is 6.04 Å². The van der Waals surface area contributed by atoms with E-state index in [1.54, 1.807) is 24.5 Å². The molecular weight excluding hydrogens is 350 g/mol. The minimum atomic E-state index is -0.606. The highest BCUT2D eigenvalue weighted by atomic mass is 35.5. The van der Waals surface area contributed by atoms with Crippen LogP contribution in [0.25, 0.3) is 0 Å². The molecular formula is C20H20ClN3O2. The fourth-order valence-corrected chi connectivity index (χ4v) is 3.27. The number of hydrogen-bond acceptors (Lipinski definition) is 4. The second kappa shape index (κ2) is 7.70. The van der Waals surface area contributed by atoms with Crippen LogP contribution in [-0.4, -0.2) is 27.6 Å². The lowest BCUT2D eigenvalue weighted by molar-refractivity contribution is -0.137. The molecule has 2 atom stereocenters. The third kappa shape index (κ3) is 3.94. The van der Waals surface area contributed by atoms with Crippen molar-refractivity contribution in [2.24, 2.45) is 5.92 Å². The summed E-state index contributed by atoms with van der Waals surface area (Å²) < 4.78 is 0. The Morgan fingerprint density at radius 3 is 2.46 bits per heavy atom. The maximum absolute atomic E-state index is 12.6. The molecule has 6 heteroatoms. The van der Waals surface area contributed by atoms with Gasteiger partial charge in [0.1, 0.15) is 0 Å². The third-order valence-electron chi connectivity index (χ3n) is 4.62. The highest BCUT2D eigenvalue weighted by molar-refractivity contribution is 6.41. The lowest BCUT2D eigenvalue weighted by atomic mass is 9.97. The van der Waals surface area contributed by atoms with Crippen LogP contribution in [0.5, 0.6) is 0 Å². The zero-order valence-electron chi connectivity index (χ0n) is 14.6. The number of carbonyl (C=O) groups is 2. The van der Waals surface area contributed by atoms with Gasteiger partial charge < -0.3 is 10.2 Å². The van der Waals surface area contributed by atoms with Crippen LogP contribution in [0.15, 0.2) is 60.6 Å². The molecule has 0 fully saturated rings. The number of pyridine rings is 1. The second-order valence-electron chi connectivity index (χ2n) is 6.38. The molecule has 2 heterocycles. The molecule has 1 aromatic heterocycles. The maximum atomic E-state index is 12.6. The summed E-state index contributed by atoms with van der Waals surface area (Å²) in [5, 5.41) is 3.32. The van der Waals surface area contributed by atoms with Crippen molar-refractivity contribution in [1.29, 1.82) is 0 Å². The average Bonchev–Trinajstić information content (AvgIpc) is 2.92. The fraction of sp³-hybridized carbons (Fsp3) is 0.250. The van der Waals surface area contributed by atoms with Crippen LogP contribution >= 0.6 is 11.6 Å². The Balaban J connectivity index is 1.68. The number of ketones is 1. The Morgan fingerprint density at radius 1 is 1.15 bits per heavy atom. The van der Waals surface area contributed by atoms with Gasteiger partial charge >= 0.3 is 0 Å². The quantitative estimate of drug-likeness (QED) is 0.817. The molecule has 1 aromatic carbocycles. The van der Waals surface area contributed by atoms with Crippen LogP contribution in [0.4, 0.5) is 5.69 Å². The van der Waals surface area contributed by atoms with Gasteiger partial charge in [-0.1, -0.05) is 29.8 Å². The van der Waals surface area contributed by atoms with Gasteiger partial charge in [0, 0.05) is 41.4 Å². The molecule has 26 heavy (non-hydrogen) atoms. The van der Waals surface area contributed by atoms with E-state index in [1.165, 1.54) is 0 Å². The molecule has 5 nitrogen and oxygen atoms in total. The minimum absolute atomic E-state index is 0.0960. The molecule has 0 aliphatic carbocycles. The highest BCUT2D eigenvalue weighted by Gasteiger charge is 2.36. The van der Waals surface area contributed by atoms with E-state index in [4.69, 9.17) is 11.6 Å².